The fraction of sp³-hybridized carbons (Fsp3) is 0.471. The first-order valence-electron chi connectivity index (χ1n) is 8.51. The number of nitrogens with one attached hydrogen (secondary N) is 2. The molecule has 1 aromatic carbocycles. The lowest BCUT2D eigenvalue weighted by atomic mass is 10.1. The summed E-state index contributed by atoms with van der Waals surface area (Å²) in [6.45, 7) is 1.17. The third kappa shape index (κ3) is 4.40. The standard InChI is InChI=1S/C17H21N3O5S/c21-15-5-2-7-20(15)10-12-3-1-4-13(9-12)16(22)18-19-17(23)14-6-8-26(24,25)11-14/h1,3-4,9,14H,2,5-8,10-11H2,(H,18,22)(H,19,23)/t14-/m0/s1. The molecule has 1 aromatic rings. The van der Waals surface area contributed by atoms with Gasteiger partial charge < -0.3 is 4.90 Å². The highest BCUT2D eigenvalue weighted by molar-refractivity contribution is 7.91. The van der Waals surface area contributed by atoms with Crippen LogP contribution in [-0.4, -0.2) is 49.1 Å². The van der Waals surface area contributed by atoms with E-state index in [0.717, 1.165) is 18.5 Å². The Hall–Kier alpha value is -2.42. The van der Waals surface area contributed by atoms with E-state index in [9.17, 15) is 22.8 Å². The van der Waals surface area contributed by atoms with Crippen molar-refractivity contribution in [1.29, 1.82) is 0 Å². The normalized spacial score (nSPS) is 21.6. The van der Waals surface area contributed by atoms with E-state index in [-0.39, 0.29) is 23.8 Å². The Bertz CT molecular complexity index is 837. The average Bonchev–Trinajstić information content (AvgIpc) is 3.18. The molecule has 2 fully saturated rings. The lowest BCUT2D eigenvalue weighted by Gasteiger charge is -2.16. The number of hydrogen-bond acceptors (Lipinski definition) is 5. The summed E-state index contributed by atoms with van der Waals surface area (Å²) < 4.78 is 22.8. The number of hydrogen-bond donors (Lipinski definition) is 2. The highest BCUT2D eigenvalue weighted by atomic mass is 32.2. The fourth-order valence-corrected chi connectivity index (χ4v) is 4.94. The Kier molecular flexibility index (Phi) is 5.26. The van der Waals surface area contributed by atoms with Crippen LogP contribution in [0, 0.1) is 5.92 Å². The zero-order valence-corrected chi connectivity index (χ0v) is 15.0. The van der Waals surface area contributed by atoms with Crippen LogP contribution in [0.25, 0.3) is 0 Å². The Labute approximate surface area is 151 Å². The highest BCUT2D eigenvalue weighted by Gasteiger charge is 2.33. The summed E-state index contributed by atoms with van der Waals surface area (Å²) in [7, 11) is -3.16. The van der Waals surface area contributed by atoms with Gasteiger partial charge in [0.2, 0.25) is 11.8 Å². The van der Waals surface area contributed by atoms with Gasteiger partial charge in [-0.2, -0.15) is 0 Å². The zero-order chi connectivity index (χ0) is 18.7. The minimum absolute atomic E-state index is 0.00367. The fourth-order valence-electron chi connectivity index (χ4n) is 3.20. The largest absolute Gasteiger partial charge is 0.338 e. The molecule has 140 valence electrons. The molecule has 0 saturated carbocycles. The number of likely N-dealkylation sites (tertiary alicyclic amines) is 1. The van der Waals surface area contributed by atoms with Crippen LogP contribution in [0.5, 0.6) is 0 Å². The van der Waals surface area contributed by atoms with Gasteiger partial charge in [0, 0.05) is 25.1 Å². The van der Waals surface area contributed by atoms with Crippen molar-refractivity contribution in [2.24, 2.45) is 5.92 Å². The Morgan fingerprint density at radius 3 is 2.69 bits per heavy atom. The van der Waals surface area contributed by atoms with Crippen LogP contribution < -0.4 is 10.9 Å². The summed E-state index contributed by atoms with van der Waals surface area (Å²) >= 11 is 0. The van der Waals surface area contributed by atoms with Crippen LogP contribution >= 0.6 is 0 Å². The van der Waals surface area contributed by atoms with Crippen LogP contribution in [0.4, 0.5) is 0 Å². The van der Waals surface area contributed by atoms with Gasteiger partial charge in [0.25, 0.3) is 5.91 Å². The molecule has 0 spiro atoms. The average molecular weight is 379 g/mol. The lowest BCUT2D eigenvalue weighted by molar-refractivity contribution is -0.128. The molecule has 0 radical (unpaired) electrons. The maximum atomic E-state index is 12.2. The number of carbonyl (C=O) groups excluding carboxylic acids is 3. The lowest BCUT2D eigenvalue weighted by Crippen LogP contribution is -2.44. The third-order valence-electron chi connectivity index (χ3n) is 4.64. The second-order valence-corrected chi connectivity index (χ2v) is 8.89. The number of amides is 3. The minimum Gasteiger partial charge on any atom is -0.338 e. The van der Waals surface area contributed by atoms with Gasteiger partial charge in [-0.15, -0.1) is 0 Å². The molecule has 2 heterocycles. The molecular formula is C17H21N3O5S. The molecule has 0 unspecified atom stereocenters. The van der Waals surface area contributed by atoms with E-state index in [1.54, 1.807) is 23.1 Å². The molecule has 3 rings (SSSR count). The first-order valence-corrected chi connectivity index (χ1v) is 10.3. The van der Waals surface area contributed by atoms with Crippen molar-refractivity contribution >= 4 is 27.6 Å². The number of carbonyl (C=O) groups is 3. The van der Waals surface area contributed by atoms with Gasteiger partial charge in [0.1, 0.15) is 0 Å². The summed E-state index contributed by atoms with van der Waals surface area (Å²) in [5.41, 5.74) is 5.80. The number of sulfone groups is 1. The van der Waals surface area contributed by atoms with Crippen molar-refractivity contribution in [1.82, 2.24) is 15.8 Å². The summed E-state index contributed by atoms with van der Waals surface area (Å²) in [5, 5.41) is 0. The van der Waals surface area contributed by atoms with Crippen molar-refractivity contribution in [3.8, 4) is 0 Å². The van der Waals surface area contributed by atoms with Gasteiger partial charge in [0.05, 0.1) is 17.4 Å². The molecular weight excluding hydrogens is 358 g/mol. The molecule has 2 N–H and O–H groups in total. The molecule has 2 aliphatic rings. The van der Waals surface area contributed by atoms with E-state index < -0.39 is 27.6 Å². The minimum atomic E-state index is -3.16. The van der Waals surface area contributed by atoms with E-state index >= 15 is 0 Å². The zero-order valence-electron chi connectivity index (χ0n) is 14.2. The molecule has 0 aromatic heterocycles. The Morgan fingerprint density at radius 2 is 2.04 bits per heavy atom. The van der Waals surface area contributed by atoms with Gasteiger partial charge >= 0.3 is 0 Å². The van der Waals surface area contributed by atoms with E-state index in [1.165, 1.54) is 0 Å². The van der Waals surface area contributed by atoms with Crippen molar-refractivity contribution < 1.29 is 22.8 Å². The van der Waals surface area contributed by atoms with Gasteiger partial charge in [-0.1, -0.05) is 12.1 Å². The second-order valence-electron chi connectivity index (χ2n) is 6.66. The SMILES string of the molecule is O=C(NNC(=O)[C@H]1CCS(=O)(=O)C1)c1cccc(CN2CCCC2=O)c1. The van der Waals surface area contributed by atoms with Gasteiger partial charge in [-0.3, -0.25) is 25.2 Å². The van der Waals surface area contributed by atoms with E-state index in [0.29, 0.717) is 18.5 Å². The van der Waals surface area contributed by atoms with E-state index in [1.807, 2.05) is 6.07 Å². The van der Waals surface area contributed by atoms with Gasteiger partial charge in [0.15, 0.2) is 9.84 Å². The smallest absolute Gasteiger partial charge is 0.269 e. The van der Waals surface area contributed by atoms with Crippen LogP contribution in [-0.2, 0) is 26.0 Å². The van der Waals surface area contributed by atoms with Crippen LogP contribution in [0.2, 0.25) is 0 Å². The number of hydrazine groups is 1. The van der Waals surface area contributed by atoms with Gasteiger partial charge in [-0.25, -0.2) is 8.42 Å². The number of nitrogens with zero attached hydrogens (tertiary/aromatic N) is 1. The predicted molar refractivity (Wildman–Crippen MR) is 93.5 cm³/mol. The number of rotatable bonds is 4. The van der Waals surface area contributed by atoms with Crippen molar-refractivity contribution in [2.75, 3.05) is 18.1 Å². The van der Waals surface area contributed by atoms with Crippen molar-refractivity contribution in [2.45, 2.75) is 25.8 Å². The highest BCUT2D eigenvalue weighted by Crippen LogP contribution is 2.18. The molecule has 9 heteroatoms. The Balaban J connectivity index is 1.55. The molecule has 0 bridgehead atoms. The maximum absolute atomic E-state index is 12.2. The van der Waals surface area contributed by atoms with Crippen LogP contribution in [0.15, 0.2) is 24.3 Å². The molecule has 26 heavy (non-hydrogen) atoms. The van der Waals surface area contributed by atoms with Gasteiger partial charge in [-0.05, 0) is 30.5 Å². The van der Waals surface area contributed by atoms with Crippen LogP contribution in [0.1, 0.15) is 35.2 Å². The Morgan fingerprint density at radius 1 is 1.23 bits per heavy atom. The summed E-state index contributed by atoms with van der Waals surface area (Å²) in [6, 6.07) is 6.84. The van der Waals surface area contributed by atoms with Crippen molar-refractivity contribution in [3.05, 3.63) is 35.4 Å². The molecule has 3 amide bonds. The predicted octanol–water partition coefficient (Wildman–Crippen LogP) is 0.00470. The van der Waals surface area contributed by atoms with E-state index in [2.05, 4.69) is 10.9 Å². The topological polar surface area (TPSA) is 113 Å². The first-order chi connectivity index (χ1) is 12.3. The molecule has 1 atom stereocenters. The molecule has 0 aliphatic carbocycles. The van der Waals surface area contributed by atoms with Crippen LogP contribution in [0.3, 0.4) is 0 Å². The molecule has 2 saturated heterocycles. The van der Waals surface area contributed by atoms with Crippen molar-refractivity contribution in [3.63, 3.8) is 0 Å². The van der Waals surface area contributed by atoms with E-state index in [4.69, 9.17) is 0 Å². The molecule has 8 nitrogen and oxygen atoms in total. The molecule has 2 aliphatic heterocycles. The summed E-state index contributed by atoms with van der Waals surface area (Å²) in [5.74, 6) is -1.71. The maximum Gasteiger partial charge on any atom is 0.269 e. The summed E-state index contributed by atoms with van der Waals surface area (Å²) in [4.78, 5) is 37.6. The first kappa shape index (κ1) is 18.4. The number of benzene rings is 1. The quantitative estimate of drug-likeness (QED) is 0.716. The second kappa shape index (κ2) is 7.45. The monoisotopic (exact) mass is 379 g/mol. The summed E-state index contributed by atoms with van der Waals surface area (Å²) in [6.07, 6.45) is 1.68. The third-order valence-corrected chi connectivity index (χ3v) is 6.40.